The van der Waals surface area contributed by atoms with E-state index < -0.39 is 0 Å². The van der Waals surface area contributed by atoms with E-state index in [4.69, 9.17) is 4.74 Å². The minimum Gasteiger partial charge on any atom is -0.497 e. The monoisotopic (exact) mass is 231 g/mol. The second-order valence-corrected chi connectivity index (χ2v) is 4.19. The van der Waals surface area contributed by atoms with Gasteiger partial charge in [-0.15, -0.1) is 0 Å². The van der Waals surface area contributed by atoms with Gasteiger partial charge in [0, 0.05) is 24.7 Å². The summed E-state index contributed by atoms with van der Waals surface area (Å²) in [5.74, 6) is 1.09. The molecule has 1 N–H and O–H groups in total. The molecule has 1 aliphatic carbocycles. The second-order valence-electron chi connectivity index (χ2n) is 4.19. The number of benzene rings is 1. The van der Waals surface area contributed by atoms with Gasteiger partial charge in [-0.25, -0.2) is 0 Å². The summed E-state index contributed by atoms with van der Waals surface area (Å²) in [6.07, 6.45) is 4.35. The number of ether oxygens (including phenoxy) is 1. The van der Waals surface area contributed by atoms with Crippen LogP contribution < -0.4 is 10.1 Å². The van der Waals surface area contributed by atoms with Crippen molar-refractivity contribution in [2.45, 2.75) is 25.8 Å². The molecule has 0 radical (unpaired) electrons. The lowest BCUT2D eigenvalue weighted by Gasteiger charge is -2.14. The second kappa shape index (κ2) is 5.53. The van der Waals surface area contributed by atoms with Gasteiger partial charge in [0.2, 0.25) is 0 Å². The molecular formula is C14H17NO2. The average molecular weight is 231 g/mol. The van der Waals surface area contributed by atoms with Crippen LogP contribution in [0.3, 0.4) is 0 Å². The molecule has 3 nitrogen and oxygen atoms in total. The number of methoxy groups -OCH3 is 1. The Morgan fingerprint density at radius 3 is 2.65 bits per heavy atom. The number of carbonyl (C=O) groups excluding carboxylic acids is 1. The third kappa shape index (κ3) is 3.34. The van der Waals surface area contributed by atoms with Crippen LogP contribution in [0.1, 0.15) is 24.8 Å². The highest BCUT2D eigenvalue weighted by atomic mass is 16.5. The van der Waals surface area contributed by atoms with E-state index in [1.807, 2.05) is 24.3 Å². The normalized spacial score (nSPS) is 15.4. The van der Waals surface area contributed by atoms with E-state index in [0.717, 1.165) is 30.8 Å². The summed E-state index contributed by atoms with van der Waals surface area (Å²) in [5.41, 5.74) is 2.24. The molecule has 3 heteroatoms. The van der Waals surface area contributed by atoms with Gasteiger partial charge >= 0.3 is 0 Å². The topological polar surface area (TPSA) is 38.3 Å². The fourth-order valence-corrected chi connectivity index (χ4v) is 1.89. The molecule has 0 bridgehead atoms. The number of ketones is 1. The molecular weight excluding hydrogens is 214 g/mol. The minimum absolute atomic E-state index is 0.230. The zero-order valence-corrected chi connectivity index (χ0v) is 10.0. The maximum atomic E-state index is 11.2. The molecule has 0 fully saturated rings. The SMILES string of the molecule is COc1ccc(CNC2=CC(=O)CCC2)cc1. The first kappa shape index (κ1) is 11.7. The zero-order chi connectivity index (χ0) is 12.1. The molecule has 0 heterocycles. The van der Waals surface area contributed by atoms with Crippen molar-refractivity contribution in [1.29, 1.82) is 0 Å². The Balaban J connectivity index is 1.90. The summed E-state index contributed by atoms with van der Waals surface area (Å²) in [7, 11) is 1.66. The van der Waals surface area contributed by atoms with E-state index in [1.54, 1.807) is 13.2 Å². The van der Waals surface area contributed by atoms with E-state index in [9.17, 15) is 4.79 Å². The van der Waals surface area contributed by atoms with Gasteiger partial charge in [0.25, 0.3) is 0 Å². The highest BCUT2D eigenvalue weighted by Crippen LogP contribution is 2.15. The molecule has 1 aromatic carbocycles. The number of rotatable bonds is 4. The van der Waals surface area contributed by atoms with Crippen molar-refractivity contribution >= 4 is 5.78 Å². The molecule has 90 valence electrons. The van der Waals surface area contributed by atoms with Gasteiger partial charge in [0.15, 0.2) is 5.78 Å². The molecule has 2 rings (SSSR count). The Kier molecular flexibility index (Phi) is 3.81. The van der Waals surface area contributed by atoms with E-state index in [1.165, 1.54) is 5.56 Å². The molecule has 0 aliphatic heterocycles. The summed E-state index contributed by atoms with van der Waals surface area (Å²) in [6, 6.07) is 7.93. The summed E-state index contributed by atoms with van der Waals surface area (Å²) in [4.78, 5) is 11.2. The van der Waals surface area contributed by atoms with Crippen LogP contribution in [0, 0.1) is 0 Å². The lowest BCUT2D eigenvalue weighted by Crippen LogP contribution is -2.17. The quantitative estimate of drug-likeness (QED) is 0.864. The van der Waals surface area contributed by atoms with Crippen LogP contribution in [-0.2, 0) is 11.3 Å². The maximum absolute atomic E-state index is 11.2. The highest BCUT2D eigenvalue weighted by molar-refractivity contribution is 5.91. The Morgan fingerprint density at radius 2 is 2.00 bits per heavy atom. The molecule has 0 amide bonds. The van der Waals surface area contributed by atoms with Gasteiger partial charge in [-0.05, 0) is 30.5 Å². The van der Waals surface area contributed by atoms with Crippen LogP contribution in [0.15, 0.2) is 36.0 Å². The molecule has 1 aromatic rings. The predicted molar refractivity (Wildman–Crippen MR) is 66.8 cm³/mol. The van der Waals surface area contributed by atoms with E-state index in [2.05, 4.69) is 5.32 Å². The standard InChI is InChI=1S/C14H17NO2/c1-17-14-7-5-11(6-8-14)10-15-12-3-2-4-13(16)9-12/h5-9,15H,2-4,10H2,1H3. The number of hydrogen-bond acceptors (Lipinski definition) is 3. The third-order valence-corrected chi connectivity index (χ3v) is 2.88. The van der Waals surface area contributed by atoms with E-state index in [0.29, 0.717) is 6.42 Å². The highest BCUT2D eigenvalue weighted by Gasteiger charge is 2.09. The van der Waals surface area contributed by atoms with E-state index in [-0.39, 0.29) is 5.78 Å². The minimum atomic E-state index is 0.230. The van der Waals surface area contributed by atoms with E-state index >= 15 is 0 Å². The lowest BCUT2D eigenvalue weighted by molar-refractivity contribution is -0.115. The van der Waals surface area contributed by atoms with Gasteiger partial charge in [-0.3, -0.25) is 4.79 Å². The molecule has 0 atom stereocenters. The fourth-order valence-electron chi connectivity index (χ4n) is 1.89. The van der Waals surface area contributed by atoms with Gasteiger partial charge in [0.1, 0.15) is 5.75 Å². The van der Waals surface area contributed by atoms with Crippen molar-refractivity contribution in [2.24, 2.45) is 0 Å². The third-order valence-electron chi connectivity index (χ3n) is 2.88. The average Bonchev–Trinajstić information content (AvgIpc) is 2.37. The number of allylic oxidation sites excluding steroid dienone is 2. The summed E-state index contributed by atoms with van der Waals surface area (Å²) in [5, 5.41) is 3.31. The first-order valence-electron chi connectivity index (χ1n) is 5.88. The van der Waals surface area contributed by atoms with Crippen molar-refractivity contribution in [3.05, 3.63) is 41.6 Å². The largest absolute Gasteiger partial charge is 0.497 e. The number of nitrogens with one attached hydrogen (secondary N) is 1. The van der Waals surface area contributed by atoms with Gasteiger partial charge in [0.05, 0.1) is 7.11 Å². The smallest absolute Gasteiger partial charge is 0.157 e. The first-order chi connectivity index (χ1) is 8.28. The molecule has 0 unspecified atom stereocenters. The summed E-state index contributed by atoms with van der Waals surface area (Å²) >= 11 is 0. The van der Waals surface area contributed by atoms with Crippen LogP contribution >= 0.6 is 0 Å². The van der Waals surface area contributed by atoms with Crippen LogP contribution in [0.2, 0.25) is 0 Å². The Bertz CT molecular complexity index is 420. The van der Waals surface area contributed by atoms with Crippen molar-refractivity contribution in [3.8, 4) is 5.75 Å². The molecule has 17 heavy (non-hydrogen) atoms. The Hall–Kier alpha value is -1.77. The summed E-state index contributed by atoms with van der Waals surface area (Å²) < 4.78 is 5.10. The molecule has 0 aromatic heterocycles. The Morgan fingerprint density at radius 1 is 1.24 bits per heavy atom. The van der Waals surface area contributed by atoms with Gasteiger partial charge in [-0.2, -0.15) is 0 Å². The molecule has 0 saturated heterocycles. The zero-order valence-electron chi connectivity index (χ0n) is 10.0. The van der Waals surface area contributed by atoms with Crippen molar-refractivity contribution in [3.63, 3.8) is 0 Å². The fraction of sp³-hybridized carbons (Fsp3) is 0.357. The molecule has 1 aliphatic rings. The predicted octanol–water partition coefficient (Wildman–Crippen LogP) is 2.42. The molecule has 0 saturated carbocycles. The van der Waals surface area contributed by atoms with Gasteiger partial charge in [-0.1, -0.05) is 12.1 Å². The van der Waals surface area contributed by atoms with Crippen molar-refractivity contribution < 1.29 is 9.53 Å². The Labute approximate surface area is 101 Å². The lowest BCUT2D eigenvalue weighted by atomic mass is 10.0. The van der Waals surface area contributed by atoms with Crippen molar-refractivity contribution in [2.75, 3.05) is 7.11 Å². The van der Waals surface area contributed by atoms with Gasteiger partial charge < -0.3 is 10.1 Å². The molecule has 0 spiro atoms. The summed E-state index contributed by atoms with van der Waals surface area (Å²) in [6.45, 7) is 0.753. The number of hydrogen-bond donors (Lipinski definition) is 1. The van der Waals surface area contributed by atoms with Crippen molar-refractivity contribution in [1.82, 2.24) is 5.32 Å². The maximum Gasteiger partial charge on any atom is 0.157 e. The van der Waals surface area contributed by atoms with Crippen LogP contribution in [0.4, 0.5) is 0 Å². The van der Waals surface area contributed by atoms with Crippen LogP contribution in [0.5, 0.6) is 5.75 Å². The van der Waals surface area contributed by atoms with Crippen LogP contribution in [0.25, 0.3) is 0 Å². The number of carbonyl (C=O) groups is 1. The van der Waals surface area contributed by atoms with Crippen LogP contribution in [-0.4, -0.2) is 12.9 Å². The first-order valence-corrected chi connectivity index (χ1v) is 5.88.